The van der Waals surface area contributed by atoms with Crippen LogP contribution in [0, 0.1) is 13.8 Å². The average molecular weight is 357 g/mol. The second-order valence-electron chi connectivity index (χ2n) is 6.31. The number of rotatable bonds is 3. The van der Waals surface area contributed by atoms with Crippen molar-refractivity contribution in [3.8, 4) is 11.3 Å². The molecule has 134 valence electrons. The maximum absolute atomic E-state index is 12.3. The number of urea groups is 1. The minimum atomic E-state index is -0.283. The Hall–Kier alpha value is -3.67. The Morgan fingerprint density at radius 1 is 1.00 bits per heavy atom. The van der Waals surface area contributed by atoms with Gasteiger partial charge in [-0.3, -0.25) is 4.40 Å². The van der Waals surface area contributed by atoms with Crippen LogP contribution in [-0.4, -0.2) is 20.4 Å². The molecule has 2 heterocycles. The van der Waals surface area contributed by atoms with Gasteiger partial charge in [0.15, 0.2) is 0 Å². The third-order valence-corrected chi connectivity index (χ3v) is 4.43. The number of imidazole rings is 1. The number of para-hydroxylation sites is 1. The van der Waals surface area contributed by atoms with Crippen LogP contribution in [0.15, 0.2) is 67.0 Å². The minimum absolute atomic E-state index is 0.283. The predicted molar refractivity (Wildman–Crippen MR) is 107 cm³/mol. The van der Waals surface area contributed by atoms with E-state index in [4.69, 9.17) is 0 Å². The molecular weight excluding hydrogens is 338 g/mol. The van der Waals surface area contributed by atoms with E-state index in [1.54, 1.807) is 6.20 Å². The number of nitrogens with zero attached hydrogens (tertiary/aromatic N) is 3. The summed E-state index contributed by atoms with van der Waals surface area (Å²) in [6, 6.07) is 16.9. The van der Waals surface area contributed by atoms with E-state index < -0.39 is 0 Å². The number of anilines is 2. The van der Waals surface area contributed by atoms with Gasteiger partial charge in [-0.25, -0.2) is 14.8 Å². The molecule has 0 bridgehead atoms. The van der Waals surface area contributed by atoms with Gasteiger partial charge in [-0.05, 0) is 43.7 Å². The maximum atomic E-state index is 12.3. The molecule has 0 fully saturated rings. The van der Waals surface area contributed by atoms with Crippen LogP contribution in [0.5, 0.6) is 0 Å². The molecule has 0 radical (unpaired) electrons. The van der Waals surface area contributed by atoms with Crippen molar-refractivity contribution in [2.45, 2.75) is 13.8 Å². The highest BCUT2D eigenvalue weighted by molar-refractivity contribution is 6.00. The number of aryl methyl sites for hydroxylation is 2. The van der Waals surface area contributed by atoms with Crippen molar-refractivity contribution in [1.29, 1.82) is 0 Å². The van der Waals surface area contributed by atoms with Crippen molar-refractivity contribution < 1.29 is 4.79 Å². The standard InChI is InChI=1S/C21H19N5O/c1-14-7-3-4-10-18(14)24-21(27)23-17-9-5-8-16(13-17)19-15(2)26-12-6-11-22-20(26)25-19/h3-13H,1-2H3,(H2,23,24,27). The summed E-state index contributed by atoms with van der Waals surface area (Å²) in [6.07, 6.45) is 3.66. The lowest BCUT2D eigenvalue weighted by Crippen LogP contribution is -2.19. The quantitative estimate of drug-likeness (QED) is 0.560. The zero-order valence-electron chi connectivity index (χ0n) is 15.1. The molecule has 0 aliphatic heterocycles. The number of benzene rings is 2. The molecule has 0 aliphatic carbocycles. The Labute approximate surface area is 156 Å². The summed E-state index contributed by atoms with van der Waals surface area (Å²) >= 11 is 0. The van der Waals surface area contributed by atoms with E-state index in [2.05, 4.69) is 20.6 Å². The third kappa shape index (κ3) is 3.37. The molecule has 0 saturated heterocycles. The van der Waals surface area contributed by atoms with E-state index >= 15 is 0 Å². The number of carbonyl (C=O) groups excluding carboxylic acids is 1. The van der Waals surface area contributed by atoms with E-state index in [9.17, 15) is 4.79 Å². The largest absolute Gasteiger partial charge is 0.323 e. The molecule has 27 heavy (non-hydrogen) atoms. The zero-order chi connectivity index (χ0) is 18.8. The van der Waals surface area contributed by atoms with Gasteiger partial charge in [0, 0.05) is 35.0 Å². The lowest BCUT2D eigenvalue weighted by molar-refractivity contribution is 0.262. The van der Waals surface area contributed by atoms with Crippen LogP contribution < -0.4 is 10.6 Å². The molecule has 6 heteroatoms. The first-order valence-electron chi connectivity index (χ1n) is 8.65. The van der Waals surface area contributed by atoms with Gasteiger partial charge in [-0.2, -0.15) is 0 Å². The summed E-state index contributed by atoms with van der Waals surface area (Å²) in [5.74, 6) is 0.653. The average Bonchev–Trinajstić information content (AvgIpc) is 3.01. The molecule has 0 aliphatic rings. The van der Waals surface area contributed by atoms with Crippen LogP contribution >= 0.6 is 0 Å². The van der Waals surface area contributed by atoms with Crippen LogP contribution in [0.4, 0.5) is 16.2 Å². The summed E-state index contributed by atoms with van der Waals surface area (Å²) in [7, 11) is 0. The van der Waals surface area contributed by atoms with Crippen molar-refractivity contribution in [2.75, 3.05) is 10.6 Å². The topological polar surface area (TPSA) is 71.3 Å². The summed E-state index contributed by atoms with van der Waals surface area (Å²) in [6.45, 7) is 3.96. The van der Waals surface area contributed by atoms with Crippen molar-refractivity contribution >= 4 is 23.2 Å². The molecule has 2 N–H and O–H groups in total. The zero-order valence-corrected chi connectivity index (χ0v) is 15.1. The molecule has 6 nitrogen and oxygen atoms in total. The van der Waals surface area contributed by atoms with Crippen molar-refractivity contribution in [1.82, 2.24) is 14.4 Å². The second kappa shape index (κ2) is 6.92. The third-order valence-electron chi connectivity index (χ3n) is 4.43. The first-order chi connectivity index (χ1) is 13.1. The van der Waals surface area contributed by atoms with Gasteiger partial charge < -0.3 is 10.6 Å². The van der Waals surface area contributed by atoms with Crippen LogP contribution in [0.3, 0.4) is 0 Å². The number of carbonyl (C=O) groups is 1. The van der Waals surface area contributed by atoms with E-state index in [1.165, 1.54) is 0 Å². The second-order valence-corrected chi connectivity index (χ2v) is 6.31. The Morgan fingerprint density at radius 2 is 1.85 bits per heavy atom. The highest BCUT2D eigenvalue weighted by Gasteiger charge is 2.12. The lowest BCUT2D eigenvalue weighted by atomic mass is 10.1. The van der Waals surface area contributed by atoms with Crippen LogP contribution in [0.2, 0.25) is 0 Å². The van der Waals surface area contributed by atoms with Gasteiger partial charge in [0.25, 0.3) is 0 Å². The Morgan fingerprint density at radius 3 is 2.67 bits per heavy atom. The molecule has 2 aromatic carbocycles. The van der Waals surface area contributed by atoms with Crippen molar-refractivity contribution in [2.24, 2.45) is 0 Å². The number of nitrogens with one attached hydrogen (secondary N) is 2. The van der Waals surface area contributed by atoms with Crippen molar-refractivity contribution in [3.05, 3.63) is 78.2 Å². The molecule has 0 spiro atoms. The first-order valence-corrected chi connectivity index (χ1v) is 8.65. The smallest absolute Gasteiger partial charge is 0.308 e. The highest BCUT2D eigenvalue weighted by Crippen LogP contribution is 2.25. The summed E-state index contributed by atoms with van der Waals surface area (Å²) in [5.41, 5.74) is 5.26. The first kappa shape index (κ1) is 16.8. The fraction of sp³-hybridized carbons (Fsp3) is 0.0952. The number of fused-ring (bicyclic) bond motifs is 1. The SMILES string of the molecule is Cc1ccccc1NC(=O)Nc1cccc(-c2nc3ncccn3c2C)c1. The van der Waals surface area contributed by atoms with Crippen molar-refractivity contribution in [3.63, 3.8) is 0 Å². The summed E-state index contributed by atoms with van der Waals surface area (Å²) < 4.78 is 1.94. The van der Waals surface area contributed by atoms with Gasteiger partial charge >= 0.3 is 6.03 Å². The van der Waals surface area contributed by atoms with Gasteiger partial charge in [0.05, 0.1) is 5.69 Å². The normalized spacial score (nSPS) is 10.7. The van der Waals surface area contributed by atoms with Crippen LogP contribution in [0.25, 0.3) is 17.0 Å². The molecule has 2 aromatic heterocycles. The predicted octanol–water partition coefficient (Wildman–Crippen LogP) is 4.66. The number of amides is 2. The minimum Gasteiger partial charge on any atom is -0.308 e. The Kier molecular flexibility index (Phi) is 4.30. The maximum Gasteiger partial charge on any atom is 0.323 e. The van der Waals surface area contributed by atoms with E-state index in [-0.39, 0.29) is 6.03 Å². The summed E-state index contributed by atoms with van der Waals surface area (Å²) in [4.78, 5) is 21.2. The summed E-state index contributed by atoms with van der Waals surface area (Å²) in [5, 5.41) is 5.75. The fourth-order valence-corrected chi connectivity index (χ4v) is 3.02. The Bertz CT molecular complexity index is 1130. The Balaban J connectivity index is 1.58. The molecule has 4 aromatic rings. The van der Waals surface area contributed by atoms with E-state index in [1.807, 2.05) is 79.0 Å². The number of aromatic nitrogens is 3. The van der Waals surface area contributed by atoms with Gasteiger partial charge in [0.1, 0.15) is 0 Å². The van der Waals surface area contributed by atoms with E-state index in [0.717, 1.165) is 28.2 Å². The van der Waals surface area contributed by atoms with Crippen LogP contribution in [0.1, 0.15) is 11.3 Å². The van der Waals surface area contributed by atoms with Gasteiger partial charge in [-0.15, -0.1) is 0 Å². The van der Waals surface area contributed by atoms with Gasteiger partial charge in [-0.1, -0.05) is 30.3 Å². The monoisotopic (exact) mass is 357 g/mol. The number of hydrogen-bond donors (Lipinski definition) is 2. The molecule has 4 rings (SSSR count). The van der Waals surface area contributed by atoms with Gasteiger partial charge in [0.2, 0.25) is 5.78 Å². The fourth-order valence-electron chi connectivity index (χ4n) is 3.02. The highest BCUT2D eigenvalue weighted by atomic mass is 16.2. The van der Waals surface area contributed by atoms with Crippen LogP contribution in [-0.2, 0) is 0 Å². The van der Waals surface area contributed by atoms with E-state index in [0.29, 0.717) is 11.5 Å². The molecular formula is C21H19N5O. The molecule has 2 amide bonds. The molecule has 0 unspecified atom stereocenters. The molecule has 0 saturated carbocycles. The lowest BCUT2D eigenvalue weighted by Gasteiger charge is -2.10. The number of hydrogen-bond acceptors (Lipinski definition) is 3. The molecule has 0 atom stereocenters.